The number of aromatic nitrogens is 2. The van der Waals surface area contributed by atoms with Crippen molar-refractivity contribution in [2.45, 2.75) is 32.9 Å². The highest BCUT2D eigenvalue weighted by Gasteiger charge is 2.42. The van der Waals surface area contributed by atoms with E-state index in [4.69, 9.17) is 12.2 Å². The molecule has 0 aliphatic carbocycles. The van der Waals surface area contributed by atoms with Gasteiger partial charge in [0.15, 0.2) is 5.11 Å². The first-order valence-electron chi connectivity index (χ1n) is 12.0. The summed E-state index contributed by atoms with van der Waals surface area (Å²) >= 11 is 5.78. The number of carbonyl (C=O) groups excluding carboxylic acids is 1. The second-order valence-corrected chi connectivity index (χ2v) is 9.50. The Kier molecular flexibility index (Phi) is 6.57. The standard InChI is InChI=1S/C29H29N5OS/c1-19-11-7-8-15-25(19)34-20(2)17-23(21(34)3)28-27(24-14-9-10-16-30-24)32-29(36)33(28)18-26(35)31-22-12-5-4-6-13-22/h4-17,27-28H,18H2,1-3H3,(H,31,35)(H,32,36). The normalized spacial score (nSPS) is 17.2. The van der Waals surface area contributed by atoms with Gasteiger partial charge in [0, 0.05) is 29.0 Å². The van der Waals surface area contributed by atoms with E-state index in [1.165, 1.54) is 5.56 Å². The number of hydrogen-bond donors (Lipinski definition) is 2. The minimum atomic E-state index is -0.196. The number of anilines is 1. The molecule has 5 rings (SSSR count). The fourth-order valence-corrected chi connectivity index (χ4v) is 5.37. The van der Waals surface area contributed by atoms with Crippen molar-refractivity contribution in [3.05, 3.63) is 113 Å². The lowest BCUT2D eigenvalue weighted by Crippen LogP contribution is -2.37. The van der Waals surface area contributed by atoms with Crippen LogP contribution in [-0.4, -0.2) is 32.0 Å². The summed E-state index contributed by atoms with van der Waals surface area (Å²) in [5.74, 6) is -0.121. The maximum Gasteiger partial charge on any atom is 0.244 e. The smallest absolute Gasteiger partial charge is 0.244 e. The van der Waals surface area contributed by atoms with E-state index >= 15 is 0 Å². The summed E-state index contributed by atoms with van der Waals surface area (Å²) in [6, 6.07) is 25.6. The Hall–Kier alpha value is -3.97. The number of nitrogens with zero attached hydrogens (tertiary/aromatic N) is 3. The molecule has 2 atom stereocenters. The molecule has 7 heteroatoms. The van der Waals surface area contributed by atoms with Crippen LogP contribution < -0.4 is 10.6 Å². The first-order chi connectivity index (χ1) is 17.4. The van der Waals surface area contributed by atoms with Crippen molar-refractivity contribution in [1.29, 1.82) is 0 Å². The van der Waals surface area contributed by atoms with Gasteiger partial charge in [0.25, 0.3) is 0 Å². The molecule has 0 radical (unpaired) electrons. The summed E-state index contributed by atoms with van der Waals surface area (Å²) in [5, 5.41) is 6.98. The van der Waals surface area contributed by atoms with E-state index in [9.17, 15) is 4.79 Å². The molecule has 1 amide bonds. The molecule has 1 aliphatic heterocycles. The predicted octanol–water partition coefficient (Wildman–Crippen LogP) is 5.41. The number of aryl methyl sites for hydroxylation is 2. The van der Waals surface area contributed by atoms with E-state index in [-0.39, 0.29) is 24.5 Å². The Morgan fingerprint density at radius 2 is 1.72 bits per heavy atom. The average Bonchev–Trinajstić information content (AvgIpc) is 3.35. The van der Waals surface area contributed by atoms with Crippen LogP contribution in [0.15, 0.2) is 85.1 Å². The summed E-state index contributed by atoms with van der Waals surface area (Å²) < 4.78 is 2.28. The predicted molar refractivity (Wildman–Crippen MR) is 147 cm³/mol. The third kappa shape index (κ3) is 4.50. The third-order valence-electron chi connectivity index (χ3n) is 6.71. The zero-order valence-corrected chi connectivity index (χ0v) is 21.4. The highest BCUT2D eigenvalue weighted by atomic mass is 32.1. The number of nitrogens with one attached hydrogen (secondary N) is 2. The summed E-state index contributed by atoms with van der Waals surface area (Å²) in [6.07, 6.45) is 1.79. The van der Waals surface area contributed by atoms with Gasteiger partial charge in [-0.05, 0) is 80.5 Å². The van der Waals surface area contributed by atoms with Crippen LogP contribution in [0.2, 0.25) is 0 Å². The molecular formula is C29H29N5OS. The fraction of sp³-hybridized carbons (Fsp3) is 0.207. The SMILES string of the molecule is Cc1ccccc1-n1c(C)cc(C2C(c3ccccn3)NC(=S)N2CC(=O)Nc2ccccc2)c1C. The molecule has 6 nitrogen and oxygen atoms in total. The number of carbonyl (C=O) groups is 1. The maximum absolute atomic E-state index is 13.1. The highest BCUT2D eigenvalue weighted by Crippen LogP contribution is 2.41. The number of rotatable bonds is 6. The van der Waals surface area contributed by atoms with Crippen LogP contribution in [0.4, 0.5) is 5.69 Å². The molecule has 0 spiro atoms. The lowest BCUT2D eigenvalue weighted by atomic mass is 9.96. The van der Waals surface area contributed by atoms with Gasteiger partial charge in [-0.15, -0.1) is 0 Å². The molecule has 1 saturated heterocycles. The van der Waals surface area contributed by atoms with Gasteiger partial charge in [0.05, 0.1) is 17.8 Å². The monoisotopic (exact) mass is 495 g/mol. The Bertz CT molecular complexity index is 1400. The minimum absolute atomic E-state index is 0.121. The number of hydrogen-bond acceptors (Lipinski definition) is 3. The molecule has 4 aromatic rings. The molecule has 2 N–H and O–H groups in total. The molecule has 2 aromatic heterocycles. The second kappa shape index (κ2) is 9.95. The molecule has 0 saturated carbocycles. The quantitative estimate of drug-likeness (QED) is 0.350. The van der Waals surface area contributed by atoms with Crippen LogP contribution in [0.1, 0.15) is 40.3 Å². The van der Waals surface area contributed by atoms with Gasteiger partial charge in [0.2, 0.25) is 5.91 Å². The van der Waals surface area contributed by atoms with Crippen molar-refractivity contribution < 1.29 is 4.79 Å². The van der Waals surface area contributed by atoms with Crippen LogP contribution in [0.25, 0.3) is 5.69 Å². The van der Waals surface area contributed by atoms with E-state index < -0.39 is 0 Å². The van der Waals surface area contributed by atoms with E-state index in [1.807, 2.05) is 53.4 Å². The van der Waals surface area contributed by atoms with Crippen molar-refractivity contribution in [1.82, 2.24) is 19.8 Å². The molecule has 0 bridgehead atoms. The number of amides is 1. The third-order valence-corrected chi connectivity index (χ3v) is 7.07. The fourth-order valence-electron chi connectivity index (χ4n) is 5.06. The zero-order valence-electron chi connectivity index (χ0n) is 20.6. The molecule has 182 valence electrons. The number of thiocarbonyl (C=S) groups is 1. The Morgan fingerprint density at radius 1 is 1.00 bits per heavy atom. The molecule has 1 fully saturated rings. The van der Waals surface area contributed by atoms with E-state index in [0.29, 0.717) is 5.11 Å². The van der Waals surface area contributed by atoms with Gasteiger partial charge < -0.3 is 20.1 Å². The van der Waals surface area contributed by atoms with Gasteiger partial charge >= 0.3 is 0 Å². The van der Waals surface area contributed by atoms with Crippen molar-refractivity contribution in [3.8, 4) is 5.69 Å². The molecule has 36 heavy (non-hydrogen) atoms. The lowest BCUT2D eigenvalue weighted by Gasteiger charge is -2.27. The minimum Gasteiger partial charge on any atom is -0.352 e. The zero-order chi connectivity index (χ0) is 25.2. The Balaban J connectivity index is 1.55. The van der Waals surface area contributed by atoms with Crippen molar-refractivity contribution >= 4 is 28.9 Å². The van der Waals surface area contributed by atoms with E-state index in [0.717, 1.165) is 34.0 Å². The van der Waals surface area contributed by atoms with Gasteiger partial charge in [-0.3, -0.25) is 9.78 Å². The van der Waals surface area contributed by atoms with Gasteiger partial charge in [-0.2, -0.15) is 0 Å². The van der Waals surface area contributed by atoms with Crippen LogP contribution in [0, 0.1) is 20.8 Å². The molecule has 2 aromatic carbocycles. The van der Waals surface area contributed by atoms with Gasteiger partial charge in [0.1, 0.15) is 6.54 Å². The lowest BCUT2D eigenvalue weighted by molar-refractivity contribution is -0.116. The van der Waals surface area contributed by atoms with Gasteiger partial charge in [-0.1, -0.05) is 42.5 Å². The molecule has 3 heterocycles. The summed E-state index contributed by atoms with van der Waals surface area (Å²) in [7, 11) is 0. The first kappa shape index (κ1) is 23.8. The topological polar surface area (TPSA) is 62.2 Å². The Morgan fingerprint density at radius 3 is 2.44 bits per heavy atom. The summed E-state index contributed by atoms with van der Waals surface area (Å²) in [6.45, 7) is 6.50. The van der Waals surface area contributed by atoms with Gasteiger partial charge in [-0.25, -0.2) is 0 Å². The Labute approximate surface area is 217 Å². The van der Waals surface area contributed by atoms with E-state index in [2.05, 4.69) is 71.3 Å². The highest BCUT2D eigenvalue weighted by molar-refractivity contribution is 7.80. The van der Waals surface area contributed by atoms with Crippen molar-refractivity contribution in [2.75, 3.05) is 11.9 Å². The van der Waals surface area contributed by atoms with Crippen molar-refractivity contribution in [3.63, 3.8) is 0 Å². The second-order valence-electron chi connectivity index (χ2n) is 9.12. The molecular weight excluding hydrogens is 466 g/mol. The maximum atomic E-state index is 13.1. The number of benzene rings is 2. The van der Waals surface area contributed by atoms with Crippen LogP contribution in [0.5, 0.6) is 0 Å². The average molecular weight is 496 g/mol. The molecule has 1 aliphatic rings. The first-order valence-corrected chi connectivity index (χ1v) is 12.4. The summed E-state index contributed by atoms with van der Waals surface area (Å²) in [4.78, 5) is 19.7. The number of pyridine rings is 1. The largest absolute Gasteiger partial charge is 0.352 e. The molecule has 2 unspecified atom stereocenters. The van der Waals surface area contributed by atoms with Crippen LogP contribution >= 0.6 is 12.2 Å². The van der Waals surface area contributed by atoms with E-state index in [1.54, 1.807) is 6.20 Å². The summed E-state index contributed by atoms with van der Waals surface area (Å²) in [5.41, 5.74) is 7.36. The van der Waals surface area contributed by atoms with Crippen LogP contribution in [0.3, 0.4) is 0 Å². The van der Waals surface area contributed by atoms with Crippen LogP contribution in [-0.2, 0) is 4.79 Å². The number of para-hydroxylation sites is 2. The van der Waals surface area contributed by atoms with Crippen molar-refractivity contribution in [2.24, 2.45) is 0 Å².